The number of carbonyl (C=O) groups excluding carboxylic acids is 2. The molecule has 6 nitrogen and oxygen atoms in total. The number of esters is 2. The van der Waals surface area contributed by atoms with Gasteiger partial charge in [-0.25, -0.2) is 9.59 Å². The predicted octanol–water partition coefficient (Wildman–Crippen LogP) is 7.20. The molecule has 0 fully saturated rings. The predicted molar refractivity (Wildman–Crippen MR) is 165 cm³/mol. The average molecular weight is 563 g/mol. The fraction of sp³-hybridized carbons (Fsp3) is 0.167. The summed E-state index contributed by atoms with van der Waals surface area (Å²) in [6, 6.07) is 29.2. The third-order valence-corrected chi connectivity index (χ3v) is 6.69. The molecule has 42 heavy (non-hydrogen) atoms. The molecule has 0 spiro atoms. The van der Waals surface area contributed by atoms with E-state index in [0.29, 0.717) is 17.1 Å². The Morgan fingerprint density at radius 3 is 1.81 bits per heavy atom. The van der Waals surface area contributed by atoms with Gasteiger partial charge in [-0.3, -0.25) is 0 Å². The number of aliphatic hydroxyl groups is 1. The van der Waals surface area contributed by atoms with Gasteiger partial charge in [-0.05, 0) is 64.1 Å². The lowest BCUT2D eigenvalue weighted by Crippen LogP contribution is -2.13. The number of hydrogen-bond donors (Lipinski definition) is 1. The first kappa shape index (κ1) is 30.2. The third-order valence-electron chi connectivity index (χ3n) is 6.69. The zero-order valence-electron chi connectivity index (χ0n) is 23.9. The summed E-state index contributed by atoms with van der Waals surface area (Å²) in [7, 11) is 1.48. The molecule has 4 rings (SSSR count). The molecule has 1 N–H and O–H groups in total. The van der Waals surface area contributed by atoms with Crippen LogP contribution in [0.25, 0.3) is 33.4 Å². The van der Waals surface area contributed by atoms with E-state index in [0.717, 1.165) is 40.7 Å². The zero-order chi connectivity index (χ0) is 30.1. The van der Waals surface area contributed by atoms with Crippen LogP contribution >= 0.6 is 0 Å². The molecule has 0 heterocycles. The van der Waals surface area contributed by atoms with Crippen molar-refractivity contribution < 1.29 is 28.9 Å². The van der Waals surface area contributed by atoms with Crippen molar-refractivity contribution in [3.8, 4) is 44.9 Å². The lowest BCUT2D eigenvalue weighted by atomic mass is 9.96. The summed E-state index contributed by atoms with van der Waals surface area (Å²) in [5.41, 5.74) is 6.97. The molecule has 0 aliphatic carbocycles. The number of rotatable bonds is 12. The Kier molecular flexibility index (Phi) is 10.2. The van der Waals surface area contributed by atoms with E-state index in [-0.39, 0.29) is 17.8 Å². The molecule has 0 bridgehead atoms. The topological polar surface area (TPSA) is 82.1 Å². The van der Waals surface area contributed by atoms with Gasteiger partial charge in [0.15, 0.2) is 0 Å². The van der Waals surface area contributed by atoms with Crippen molar-refractivity contribution in [2.45, 2.75) is 19.8 Å². The summed E-state index contributed by atoms with van der Waals surface area (Å²) in [6.45, 7) is 9.01. The quantitative estimate of drug-likeness (QED) is 0.112. The third kappa shape index (κ3) is 7.49. The van der Waals surface area contributed by atoms with Crippen molar-refractivity contribution in [1.82, 2.24) is 0 Å². The van der Waals surface area contributed by atoms with E-state index in [1.165, 1.54) is 12.7 Å². The molecule has 6 heteroatoms. The van der Waals surface area contributed by atoms with Gasteiger partial charge < -0.3 is 19.3 Å². The second kappa shape index (κ2) is 14.2. The maximum absolute atomic E-state index is 12.5. The summed E-state index contributed by atoms with van der Waals surface area (Å²) in [4.78, 5) is 24.6. The molecule has 0 aromatic heterocycles. The number of methoxy groups -OCH3 is 1. The number of aryl methyl sites for hydroxylation is 1. The minimum Gasteiger partial charge on any atom is -0.423 e. The van der Waals surface area contributed by atoms with Crippen LogP contribution in [0, 0.1) is 0 Å². The highest BCUT2D eigenvalue weighted by Crippen LogP contribution is 2.36. The zero-order valence-corrected chi connectivity index (χ0v) is 23.9. The van der Waals surface area contributed by atoms with E-state index in [1.807, 2.05) is 48.5 Å². The van der Waals surface area contributed by atoms with E-state index >= 15 is 0 Å². The first-order chi connectivity index (χ1) is 20.3. The molecule has 0 aliphatic heterocycles. The molecule has 0 aliphatic rings. The van der Waals surface area contributed by atoms with Crippen molar-refractivity contribution in [2.75, 3.05) is 20.3 Å². The Hall–Kier alpha value is -4.78. The highest BCUT2D eigenvalue weighted by molar-refractivity contribution is 5.92. The fourth-order valence-corrected chi connectivity index (χ4v) is 4.38. The van der Waals surface area contributed by atoms with Crippen LogP contribution in [-0.2, 0) is 20.7 Å². The van der Waals surface area contributed by atoms with Crippen LogP contribution in [0.2, 0.25) is 0 Å². The lowest BCUT2D eigenvalue weighted by Gasteiger charge is -2.14. The highest BCUT2D eigenvalue weighted by atomic mass is 16.5. The number of benzene rings is 4. The standard InChI is InChI=1S/C36H34O6/c1-5-6-26-7-9-27(10-8-26)28-11-13-30(14-12-28)33-21-31(17-20-34(33)42-35(38)24(2)22-37)29-15-18-32(19-16-29)41-36(39)25(3)23-40-4/h7-21,37H,2-3,5-6,22-23H2,1,4H3. The molecule has 0 unspecified atom stereocenters. The van der Waals surface area contributed by atoms with E-state index in [9.17, 15) is 14.7 Å². The van der Waals surface area contributed by atoms with E-state index < -0.39 is 18.5 Å². The van der Waals surface area contributed by atoms with Crippen LogP contribution in [-0.4, -0.2) is 37.4 Å². The Morgan fingerprint density at radius 2 is 1.21 bits per heavy atom. The highest BCUT2D eigenvalue weighted by Gasteiger charge is 2.16. The minimum atomic E-state index is -0.698. The van der Waals surface area contributed by atoms with Crippen LogP contribution in [0.1, 0.15) is 18.9 Å². The minimum absolute atomic E-state index is 0.0368. The number of aliphatic hydroxyl groups excluding tert-OH is 1. The molecule has 214 valence electrons. The van der Waals surface area contributed by atoms with Crippen LogP contribution < -0.4 is 9.47 Å². The van der Waals surface area contributed by atoms with Gasteiger partial charge in [-0.15, -0.1) is 0 Å². The van der Waals surface area contributed by atoms with E-state index in [2.05, 4.69) is 44.3 Å². The molecule has 0 saturated heterocycles. The van der Waals surface area contributed by atoms with Crippen molar-refractivity contribution in [2.24, 2.45) is 0 Å². The first-order valence-corrected chi connectivity index (χ1v) is 13.7. The van der Waals surface area contributed by atoms with Gasteiger partial charge in [0, 0.05) is 12.7 Å². The van der Waals surface area contributed by atoms with Gasteiger partial charge >= 0.3 is 11.9 Å². The number of carbonyl (C=O) groups is 2. The summed E-state index contributed by atoms with van der Waals surface area (Å²) < 4.78 is 15.9. The second-order valence-electron chi connectivity index (χ2n) is 9.84. The van der Waals surface area contributed by atoms with Gasteiger partial charge in [0.1, 0.15) is 11.5 Å². The van der Waals surface area contributed by atoms with Crippen LogP contribution in [0.15, 0.2) is 115 Å². The largest absolute Gasteiger partial charge is 0.423 e. The molecule has 4 aromatic rings. The Balaban J connectivity index is 1.64. The molecule has 0 radical (unpaired) electrons. The summed E-state index contributed by atoms with van der Waals surface area (Å²) in [5, 5.41) is 9.34. The normalized spacial score (nSPS) is 10.6. The van der Waals surface area contributed by atoms with Gasteiger partial charge in [-0.2, -0.15) is 0 Å². The molecular formula is C36H34O6. The molecule has 0 saturated carbocycles. The molecule has 0 amide bonds. The Bertz CT molecular complexity index is 1570. The van der Waals surface area contributed by atoms with Crippen molar-refractivity contribution in [3.63, 3.8) is 0 Å². The van der Waals surface area contributed by atoms with E-state index in [1.54, 1.807) is 18.2 Å². The smallest absolute Gasteiger partial charge is 0.341 e. The summed E-state index contributed by atoms with van der Waals surface area (Å²) >= 11 is 0. The van der Waals surface area contributed by atoms with Crippen molar-refractivity contribution in [1.29, 1.82) is 0 Å². The molecule has 4 aromatic carbocycles. The number of ether oxygens (including phenoxy) is 3. The van der Waals surface area contributed by atoms with Crippen LogP contribution in [0.3, 0.4) is 0 Å². The Labute approximate surface area is 246 Å². The van der Waals surface area contributed by atoms with Crippen molar-refractivity contribution >= 4 is 11.9 Å². The maximum atomic E-state index is 12.5. The maximum Gasteiger partial charge on any atom is 0.341 e. The Morgan fingerprint density at radius 1 is 0.690 bits per heavy atom. The van der Waals surface area contributed by atoms with Gasteiger partial charge in [0.05, 0.1) is 24.4 Å². The van der Waals surface area contributed by atoms with Crippen LogP contribution in [0.4, 0.5) is 0 Å². The summed E-state index contributed by atoms with van der Waals surface area (Å²) in [6.07, 6.45) is 2.16. The lowest BCUT2D eigenvalue weighted by molar-refractivity contribution is -0.131. The average Bonchev–Trinajstić information content (AvgIpc) is 3.02. The van der Waals surface area contributed by atoms with Crippen molar-refractivity contribution in [3.05, 3.63) is 121 Å². The van der Waals surface area contributed by atoms with Crippen LogP contribution in [0.5, 0.6) is 11.5 Å². The molecular weight excluding hydrogens is 528 g/mol. The second-order valence-corrected chi connectivity index (χ2v) is 9.84. The first-order valence-electron chi connectivity index (χ1n) is 13.7. The van der Waals surface area contributed by atoms with Gasteiger partial charge in [-0.1, -0.05) is 93.2 Å². The van der Waals surface area contributed by atoms with Gasteiger partial charge in [0.2, 0.25) is 0 Å². The number of hydrogen-bond acceptors (Lipinski definition) is 6. The monoisotopic (exact) mass is 562 g/mol. The van der Waals surface area contributed by atoms with Gasteiger partial charge in [0.25, 0.3) is 0 Å². The SMILES string of the molecule is C=C(COC)C(=O)Oc1ccc(-c2ccc(OC(=O)C(=C)CO)c(-c3ccc(-c4ccc(CCC)cc4)cc3)c2)cc1. The van der Waals surface area contributed by atoms with E-state index in [4.69, 9.17) is 14.2 Å². The fourth-order valence-electron chi connectivity index (χ4n) is 4.38. The summed E-state index contributed by atoms with van der Waals surface area (Å²) in [5.74, 6) is -0.524. The molecule has 0 atom stereocenters.